The first-order chi connectivity index (χ1) is 11.9. The first-order valence-electron chi connectivity index (χ1n) is 8.24. The van der Waals surface area contributed by atoms with E-state index in [0.717, 1.165) is 12.8 Å². The lowest BCUT2D eigenvalue weighted by atomic mass is 9.95. The molecule has 0 aromatic heterocycles. The summed E-state index contributed by atoms with van der Waals surface area (Å²) < 4.78 is 52.1. The summed E-state index contributed by atoms with van der Waals surface area (Å²) in [6.07, 6.45) is -2.93. The molecule has 8 heteroatoms. The molecule has 2 aliphatic rings. The Morgan fingerprint density at radius 2 is 1.72 bits per heavy atom. The van der Waals surface area contributed by atoms with Gasteiger partial charge >= 0.3 is 6.18 Å². The fourth-order valence-electron chi connectivity index (χ4n) is 3.07. The Balaban J connectivity index is 1.51. The molecule has 1 aromatic rings. The van der Waals surface area contributed by atoms with E-state index in [4.69, 9.17) is 9.47 Å². The standard InChI is InChI=1S/C17H20F3NO4/c18-17(19,20)11-25-14-3-1-12(2-4-14)15(22)21-7-5-13(6-8-21)16-23-9-10-24-16/h1-4,13,16H,5-11H2. The molecule has 0 spiro atoms. The van der Waals surface area contributed by atoms with Crippen LogP contribution in [0, 0.1) is 5.92 Å². The number of amides is 1. The van der Waals surface area contributed by atoms with Gasteiger partial charge in [-0.2, -0.15) is 13.2 Å². The molecule has 0 bridgehead atoms. The van der Waals surface area contributed by atoms with Crippen molar-refractivity contribution in [1.29, 1.82) is 0 Å². The third-order valence-electron chi connectivity index (χ3n) is 4.36. The molecule has 2 fully saturated rings. The van der Waals surface area contributed by atoms with Gasteiger partial charge in [-0.1, -0.05) is 0 Å². The number of nitrogens with zero attached hydrogens (tertiary/aromatic N) is 1. The Labute approximate surface area is 143 Å². The van der Waals surface area contributed by atoms with E-state index in [1.807, 2.05) is 0 Å². The monoisotopic (exact) mass is 359 g/mol. The van der Waals surface area contributed by atoms with Crippen molar-refractivity contribution in [2.24, 2.45) is 5.92 Å². The van der Waals surface area contributed by atoms with Crippen molar-refractivity contribution in [2.45, 2.75) is 25.3 Å². The maximum atomic E-state index is 12.5. The quantitative estimate of drug-likeness (QED) is 0.830. The van der Waals surface area contributed by atoms with Crippen molar-refractivity contribution >= 4 is 5.91 Å². The average Bonchev–Trinajstić information content (AvgIpc) is 3.14. The van der Waals surface area contributed by atoms with Gasteiger partial charge in [0.25, 0.3) is 5.91 Å². The molecule has 0 saturated carbocycles. The van der Waals surface area contributed by atoms with Gasteiger partial charge in [0.05, 0.1) is 13.2 Å². The number of hydrogen-bond donors (Lipinski definition) is 0. The van der Waals surface area contributed by atoms with E-state index in [9.17, 15) is 18.0 Å². The summed E-state index contributed by atoms with van der Waals surface area (Å²) >= 11 is 0. The lowest BCUT2D eigenvalue weighted by Gasteiger charge is -2.33. The molecule has 2 saturated heterocycles. The first kappa shape index (κ1) is 18.0. The average molecular weight is 359 g/mol. The highest BCUT2D eigenvalue weighted by Crippen LogP contribution is 2.27. The SMILES string of the molecule is O=C(c1ccc(OCC(F)(F)F)cc1)N1CCC(C2OCCO2)CC1. The van der Waals surface area contributed by atoms with Gasteiger partial charge in [-0.15, -0.1) is 0 Å². The zero-order valence-electron chi connectivity index (χ0n) is 13.6. The molecular weight excluding hydrogens is 339 g/mol. The molecule has 0 atom stereocenters. The molecule has 25 heavy (non-hydrogen) atoms. The van der Waals surface area contributed by atoms with Gasteiger partial charge in [0, 0.05) is 24.6 Å². The van der Waals surface area contributed by atoms with Crippen molar-refractivity contribution in [3.8, 4) is 5.75 Å². The summed E-state index contributed by atoms with van der Waals surface area (Å²) in [5, 5.41) is 0. The summed E-state index contributed by atoms with van der Waals surface area (Å²) in [7, 11) is 0. The zero-order chi connectivity index (χ0) is 17.9. The fraction of sp³-hybridized carbons (Fsp3) is 0.588. The minimum atomic E-state index is -4.38. The van der Waals surface area contributed by atoms with Gasteiger partial charge < -0.3 is 19.1 Å². The summed E-state index contributed by atoms with van der Waals surface area (Å²) in [5.74, 6) is 0.252. The number of likely N-dealkylation sites (tertiary alicyclic amines) is 1. The summed E-state index contributed by atoms with van der Waals surface area (Å²) in [4.78, 5) is 14.2. The van der Waals surface area contributed by atoms with E-state index in [-0.39, 0.29) is 17.9 Å². The Morgan fingerprint density at radius 3 is 2.28 bits per heavy atom. The maximum absolute atomic E-state index is 12.5. The van der Waals surface area contributed by atoms with Crippen LogP contribution in [0.1, 0.15) is 23.2 Å². The van der Waals surface area contributed by atoms with Crippen LogP contribution in [0.25, 0.3) is 0 Å². The molecule has 3 rings (SSSR count). The largest absolute Gasteiger partial charge is 0.484 e. The number of benzene rings is 1. The molecule has 1 aromatic carbocycles. The van der Waals surface area contributed by atoms with Crippen LogP contribution in [-0.4, -0.2) is 56.2 Å². The highest BCUT2D eigenvalue weighted by atomic mass is 19.4. The normalized spacial score (nSPS) is 20.0. The van der Waals surface area contributed by atoms with Crippen molar-refractivity contribution in [3.05, 3.63) is 29.8 Å². The molecule has 0 N–H and O–H groups in total. The van der Waals surface area contributed by atoms with Crippen LogP contribution >= 0.6 is 0 Å². The second kappa shape index (κ2) is 7.61. The van der Waals surface area contributed by atoms with E-state index in [1.165, 1.54) is 24.3 Å². The molecule has 0 unspecified atom stereocenters. The minimum Gasteiger partial charge on any atom is -0.484 e. The summed E-state index contributed by atoms with van der Waals surface area (Å²) in [6.45, 7) is 1.11. The fourth-order valence-corrected chi connectivity index (χ4v) is 3.07. The number of carbonyl (C=O) groups is 1. The predicted molar refractivity (Wildman–Crippen MR) is 82.3 cm³/mol. The Kier molecular flexibility index (Phi) is 5.48. The minimum absolute atomic E-state index is 0.0862. The second-order valence-corrected chi connectivity index (χ2v) is 6.17. The molecule has 138 valence electrons. The third kappa shape index (κ3) is 4.85. The second-order valence-electron chi connectivity index (χ2n) is 6.17. The number of alkyl halides is 3. The Morgan fingerprint density at radius 1 is 1.12 bits per heavy atom. The van der Waals surface area contributed by atoms with Crippen LogP contribution < -0.4 is 4.74 Å². The van der Waals surface area contributed by atoms with Gasteiger partial charge in [-0.25, -0.2) is 0 Å². The van der Waals surface area contributed by atoms with Crippen LogP contribution in [0.3, 0.4) is 0 Å². The van der Waals surface area contributed by atoms with E-state index in [0.29, 0.717) is 37.8 Å². The number of halogens is 3. The van der Waals surface area contributed by atoms with Crippen molar-refractivity contribution < 1.29 is 32.2 Å². The molecule has 1 amide bonds. The van der Waals surface area contributed by atoms with Gasteiger partial charge in [-0.3, -0.25) is 4.79 Å². The highest BCUT2D eigenvalue weighted by Gasteiger charge is 2.32. The van der Waals surface area contributed by atoms with E-state index < -0.39 is 12.8 Å². The van der Waals surface area contributed by atoms with Crippen LogP contribution in [-0.2, 0) is 9.47 Å². The van der Waals surface area contributed by atoms with E-state index >= 15 is 0 Å². The van der Waals surface area contributed by atoms with Crippen molar-refractivity contribution in [3.63, 3.8) is 0 Å². The number of rotatable bonds is 4. The zero-order valence-corrected chi connectivity index (χ0v) is 13.6. The van der Waals surface area contributed by atoms with Crippen molar-refractivity contribution in [2.75, 3.05) is 32.9 Å². The molecule has 2 heterocycles. The summed E-state index contributed by atoms with van der Waals surface area (Å²) in [6, 6.07) is 5.74. The smallest absolute Gasteiger partial charge is 0.422 e. The highest BCUT2D eigenvalue weighted by molar-refractivity contribution is 5.94. The maximum Gasteiger partial charge on any atom is 0.422 e. The van der Waals surface area contributed by atoms with Crippen molar-refractivity contribution in [1.82, 2.24) is 4.90 Å². The lowest BCUT2D eigenvalue weighted by Crippen LogP contribution is -2.41. The lowest BCUT2D eigenvalue weighted by molar-refractivity contribution is -0.153. The predicted octanol–water partition coefficient (Wildman–Crippen LogP) is 2.85. The third-order valence-corrected chi connectivity index (χ3v) is 4.36. The molecule has 2 aliphatic heterocycles. The first-order valence-corrected chi connectivity index (χ1v) is 8.24. The topological polar surface area (TPSA) is 48.0 Å². The molecule has 0 aliphatic carbocycles. The van der Waals surface area contributed by atoms with Crippen LogP contribution in [0.2, 0.25) is 0 Å². The Hall–Kier alpha value is -1.80. The Bertz CT molecular complexity index is 577. The number of hydrogen-bond acceptors (Lipinski definition) is 4. The number of ether oxygens (including phenoxy) is 3. The van der Waals surface area contributed by atoms with Crippen LogP contribution in [0.5, 0.6) is 5.75 Å². The van der Waals surface area contributed by atoms with E-state index in [1.54, 1.807) is 4.90 Å². The van der Waals surface area contributed by atoms with Gasteiger partial charge in [0.2, 0.25) is 0 Å². The number of carbonyl (C=O) groups excluding carboxylic acids is 1. The summed E-state index contributed by atoms with van der Waals surface area (Å²) in [5.41, 5.74) is 0.436. The van der Waals surface area contributed by atoms with Gasteiger partial charge in [-0.05, 0) is 37.1 Å². The van der Waals surface area contributed by atoms with Crippen LogP contribution in [0.4, 0.5) is 13.2 Å². The number of piperidine rings is 1. The molecule has 0 radical (unpaired) electrons. The van der Waals surface area contributed by atoms with Gasteiger partial charge in [0.15, 0.2) is 12.9 Å². The van der Waals surface area contributed by atoms with Gasteiger partial charge in [0.1, 0.15) is 5.75 Å². The molecule has 5 nitrogen and oxygen atoms in total. The van der Waals surface area contributed by atoms with E-state index in [2.05, 4.69) is 4.74 Å². The van der Waals surface area contributed by atoms with Crippen LogP contribution in [0.15, 0.2) is 24.3 Å². The molecular formula is C17H20F3NO4.